The summed E-state index contributed by atoms with van der Waals surface area (Å²) in [5.41, 5.74) is 0.921. The first-order chi connectivity index (χ1) is 12.3. The van der Waals surface area contributed by atoms with Crippen LogP contribution in [0.5, 0.6) is 5.75 Å². The first kappa shape index (κ1) is 19.0. The lowest BCUT2D eigenvalue weighted by atomic mass is 9.76. The van der Waals surface area contributed by atoms with Gasteiger partial charge < -0.3 is 14.7 Å². The molecule has 4 nitrogen and oxygen atoms in total. The maximum atomic E-state index is 12.4. The number of aliphatic hydroxyl groups excluding tert-OH is 1. The van der Waals surface area contributed by atoms with Gasteiger partial charge >= 0.3 is 6.36 Å². The number of rotatable bonds is 5. The van der Waals surface area contributed by atoms with Crippen molar-refractivity contribution in [2.45, 2.75) is 44.9 Å². The molecule has 1 saturated heterocycles. The van der Waals surface area contributed by atoms with Gasteiger partial charge in [0, 0.05) is 18.5 Å². The van der Waals surface area contributed by atoms with Crippen LogP contribution in [-0.2, 0) is 4.79 Å². The summed E-state index contributed by atoms with van der Waals surface area (Å²) in [4.78, 5) is 14.1. The van der Waals surface area contributed by atoms with E-state index in [9.17, 15) is 23.1 Å². The van der Waals surface area contributed by atoms with Gasteiger partial charge in [-0.3, -0.25) is 4.79 Å². The first-order valence-corrected chi connectivity index (χ1v) is 9.00. The van der Waals surface area contributed by atoms with Crippen molar-refractivity contribution in [2.75, 3.05) is 19.7 Å². The van der Waals surface area contributed by atoms with Gasteiger partial charge in [0.05, 0.1) is 12.5 Å². The normalized spacial score (nSPS) is 23.0. The van der Waals surface area contributed by atoms with Gasteiger partial charge in [0.25, 0.3) is 0 Å². The Morgan fingerprint density at radius 2 is 2.15 bits per heavy atom. The highest BCUT2D eigenvalue weighted by Gasteiger charge is 2.50. The summed E-state index contributed by atoms with van der Waals surface area (Å²) in [6, 6.07) is 6.21. The van der Waals surface area contributed by atoms with Crippen molar-refractivity contribution in [1.82, 2.24) is 4.90 Å². The lowest BCUT2D eigenvalue weighted by Crippen LogP contribution is -2.58. The fourth-order valence-electron chi connectivity index (χ4n) is 4.30. The molecular formula is C19H24F3NO3. The molecule has 26 heavy (non-hydrogen) atoms. The summed E-state index contributed by atoms with van der Waals surface area (Å²) in [5, 5.41) is 9.28. The van der Waals surface area contributed by atoms with Gasteiger partial charge in [-0.2, -0.15) is 0 Å². The summed E-state index contributed by atoms with van der Waals surface area (Å²) in [5.74, 6) is -0.329. The molecule has 3 rings (SSSR count). The number of alkyl halides is 3. The van der Waals surface area contributed by atoms with E-state index in [4.69, 9.17) is 0 Å². The highest BCUT2D eigenvalue weighted by Crippen LogP contribution is 2.52. The van der Waals surface area contributed by atoms with Crippen molar-refractivity contribution in [3.8, 4) is 5.75 Å². The Labute approximate surface area is 150 Å². The van der Waals surface area contributed by atoms with Crippen molar-refractivity contribution in [1.29, 1.82) is 0 Å². The average Bonchev–Trinajstić information content (AvgIpc) is 2.99. The highest BCUT2D eigenvalue weighted by atomic mass is 19.4. The van der Waals surface area contributed by atoms with E-state index in [1.54, 1.807) is 11.0 Å². The smallest absolute Gasteiger partial charge is 0.406 e. The number of benzene rings is 1. The summed E-state index contributed by atoms with van der Waals surface area (Å²) < 4.78 is 41.2. The number of aliphatic hydroxyl groups is 1. The maximum Gasteiger partial charge on any atom is 0.573 e. The van der Waals surface area contributed by atoms with Crippen LogP contribution in [0.1, 0.15) is 44.1 Å². The number of amides is 1. The van der Waals surface area contributed by atoms with E-state index in [0.29, 0.717) is 19.5 Å². The van der Waals surface area contributed by atoms with Crippen LogP contribution >= 0.6 is 0 Å². The second kappa shape index (κ2) is 7.10. The van der Waals surface area contributed by atoms with Crippen LogP contribution < -0.4 is 4.74 Å². The number of carbonyl (C=O) groups excluding carboxylic acids is 1. The largest absolute Gasteiger partial charge is 0.573 e. The molecule has 1 unspecified atom stereocenters. The van der Waals surface area contributed by atoms with Gasteiger partial charge in [-0.05, 0) is 49.3 Å². The molecular weight excluding hydrogens is 347 g/mol. The molecule has 7 heteroatoms. The molecule has 1 amide bonds. The third-order valence-corrected chi connectivity index (χ3v) is 5.69. The predicted octanol–water partition coefficient (Wildman–Crippen LogP) is 3.70. The van der Waals surface area contributed by atoms with Gasteiger partial charge in [-0.15, -0.1) is 13.2 Å². The van der Waals surface area contributed by atoms with Crippen LogP contribution in [0.3, 0.4) is 0 Å². The number of hydrogen-bond acceptors (Lipinski definition) is 3. The lowest BCUT2D eigenvalue weighted by molar-refractivity contribution is -0.274. The number of nitrogens with zero attached hydrogens (tertiary/aromatic N) is 1. The standard InChI is InChI=1S/C19H24F3NO3/c1-2-13(10-24)17(25)23-11-18(12-23)7-6-15(9-18)14-4-3-5-16(8-14)26-19(20,21)22/h3-5,8,13,15,24H,2,6-7,9-12H2,1H3/t13-,15?/m1/s1. The first-order valence-electron chi connectivity index (χ1n) is 9.00. The third kappa shape index (κ3) is 3.98. The van der Waals surface area contributed by atoms with Crippen molar-refractivity contribution >= 4 is 5.91 Å². The second-order valence-corrected chi connectivity index (χ2v) is 7.54. The van der Waals surface area contributed by atoms with Crippen LogP contribution in [0.4, 0.5) is 13.2 Å². The van der Waals surface area contributed by atoms with E-state index in [1.807, 2.05) is 13.0 Å². The van der Waals surface area contributed by atoms with Crippen LogP contribution in [0.25, 0.3) is 0 Å². The molecule has 2 atom stereocenters. The van der Waals surface area contributed by atoms with Crippen LogP contribution in [0.15, 0.2) is 24.3 Å². The van der Waals surface area contributed by atoms with Gasteiger partial charge in [0.15, 0.2) is 0 Å². The molecule has 0 bridgehead atoms. The van der Waals surface area contributed by atoms with Gasteiger partial charge in [0.1, 0.15) is 5.75 Å². The number of likely N-dealkylation sites (tertiary alicyclic amines) is 1. The Hall–Kier alpha value is -1.76. The van der Waals surface area contributed by atoms with Crippen LogP contribution in [-0.4, -0.2) is 42.0 Å². The summed E-state index contributed by atoms with van der Waals surface area (Å²) in [6.45, 7) is 3.11. The summed E-state index contributed by atoms with van der Waals surface area (Å²) >= 11 is 0. The minimum absolute atomic E-state index is 0.00431. The predicted molar refractivity (Wildman–Crippen MR) is 89.6 cm³/mol. The van der Waals surface area contributed by atoms with E-state index in [-0.39, 0.29) is 35.5 Å². The molecule has 1 heterocycles. The van der Waals surface area contributed by atoms with E-state index in [1.165, 1.54) is 12.1 Å². The van der Waals surface area contributed by atoms with Gasteiger partial charge in [-0.1, -0.05) is 19.1 Å². The number of carbonyl (C=O) groups is 1. The van der Waals surface area contributed by atoms with Crippen molar-refractivity contribution in [2.24, 2.45) is 11.3 Å². The minimum atomic E-state index is -4.69. The lowest BCUT2D eigenvalue weighted by Gasteiger charge is -2.49. The quantitative estimate of drug-likeness (QED) is 0.859. The minimum Gasteiger partial charge on any atom is -0.406 e. The number of hydrogen-bond donors (Lipinski definition) is 1. The molecule has 1 spiro atoms. The summed E-state index contributed by atoms with van der Waals surface area (Å²) in [7, 11) is 0. The third-order valence-electron chi connectivity index (χ3n) is 5.69. The average molecular weight is 371 g/mol. The number of ether oxygens (including phenoxy) is 1. The molecule has 2 fully saturated rings. The summed E-state index contributed by atoms with van der Waals surface area (Å²) in [6.07, 6.45) is -1.35. The molecule has 0 aromatic heterocycles. The Bertz CT molecular complexity index is 652. The molecule has 1 saturated carbocycles. The van der Waals surface area contributed by atoms with E-state index >= 15 is 0 Å². The van der Waals surface area contributed by atoms with Crippen molar-refractivity contribution < 1.29 is 27.8 Å². The molecule has 1 aromatic rings. The fraction of sp³-hybridized carbons (Fsp3) is 0.632. The van der Waals surface area contributed by atoms with Crippen LogP contribution in [0, 0.1) is 11.3 Å². The molecule has 1 aliphatic carbocycles. The zero-order valence-corrected chi connectivity index (χ0v) is 14.8. The Morgan fingerprint density at radius 3 is 2.77 bits per heavy atom. The van der Waals surface area contributed by atoms with E-state index < -0.39 is 6.36 Å². The molecule has 1 aromatic carbocycles. The molecule has 1 aliphatic heterocycles. The molecule has 1 N–H and O–H groups in total. The monoisotopic (exact) mass is 371 g/mol. The maximum absolute atomic E-state index is 12.4. The molecule has 0 radical (unpaired) electrons. The second-order valence-electron chi connectivity index (χ2n) is 7.54. The Balaban J connectivity index is 1.60. The van der Waals surface area contributed by atoms with E-state index in [0.717, 1.165) is 24.8 Å². The number of halogens is 3. The van der Waals surface area contributed by atoms with Crippen molar-refractivity contribution in [3.05, 3.63) is 29.8 Å². The topological polar surface area (TPSA) is 49.8 Å². The van der Waals surface area contributed by atoms with Gasteiger partial charge in [-0.25, -0.2) is 0 Å². The molecule has 2 aliphatic rings. The zero-order valence-electron chi connectivity index (χ0n) is 14.8. The Morgan fingerprint density at radius 1 is 1.42 bits per heavy atom. The zero-order chi connectivity index (χ0) is 18.9. The van der Waals surface area contributed by atoms with Crippen molar-refractivity contribution in [3.63, 3.8) is 0 Å². The van der Waals surface area contributed by atoms with Gasteiger partial charge in [0.2, 0.25) is 5.91 Å². The van der Waals surface area contributed by atoms with Crippen LogP contribution in [0.2, 0.25) is 0 Å². The van der Waals surface area contributed by atoms with E-state index in [2.05, 4.69) is 4.74 Å². The highest BCUT2D eigenvalue weighted by molar-refractivity contribution is 5.80. The SMILES string of the molecule is CC[C@H](CO)C(=O)N1CC2(CCC(c3cccc(OC(F)(F)F)c3)C2)C1. The fourth-order valence-corrected chi connectivity index (χ4v) is 4.30. The Kier molecular flexibility index (Phi) is 5.19. The molecule has 144 valence electrons.